The molecule has 2 aliphatic rings. The van der Waals surface area contributed by atoms with Crippen molar-refractivity contribution in [2.75, 3.05) is 7.05 Å². The molecule has 1 N–H and O–H groups in total. The van der Waals surface area contributed by atoms with E-state index in [9.17, 15) is 4.79 Å². The van der Waals surface area contributed by atoms with Crippen molar-refractivity contribution in [3.63, 3.8) is 0 Å². The Morgan fingerprint density at radius 1 is 1.25 bits per heavy atom. The lowest BCUT2D eigenvalue weighted by molar-refractivity contribution is -0.967. The van der Waals surface area contributed by atoms with Gasteiger partial charge in [0.2, 0.25) is 5.91 Å². The van der Waals surface area contributed by atoms with E-state index in [-0.39, 0.29) is 5.91 Å². The molecule has 0 saturated carbocycles. The van der Waals surface area contributed by atoms with Gasteiger partial charge in [-0.2, -0.15) is 0 Å². The van der Waals surface area contributed by atoms with Gasteiger partial charge in [-0.15, -0.1) is 0 Å². The lowest BCUT2D eigenvalue weighted by Gasteiger charge is -2.50. The highest BCUT2D eigenvalue weighted by Gasteiger charge is 2.52. The van der Waals surface area contributed by atoms with Gasteiger partial charge in [-0.1, -0.05) is 0 Å². The van der Waals surface area contributed by atoms with Crippen molar-refractivity contribution < 1.29 is 9.28 Å². The Kier molecular flexibility index (Phi) is 2.99. The van der Waals surface area contributed by atoms with Crippen molar-refractivity contribution in [1.29, 1.82) is 0 Å². The predicted octanol–water partition coefficient (Wildman–Crippen LogP) is 1.67. The van der Waals surface area contributed by atoms with Crippen LogP contribution in [0.5, 0.6) is 0 Å². The SMILES string of the molecule is CC(=O)NC1CC2CCC(C1)[N+]2(C)C(C)C. The van der Waals surface area contributed by atoms with Crippen LogP contribution in [0.15, 0.2) is 0 Å². The van der Waals surface area contributed by atoms with Crippen LogP contribution in [0.4, 0.5) is 0 Å². The molecule has 3 nitrogen and oxygen atoms in total. The maximum absolute atomic E-state index is 11.1. The molecule has 3 heteroatoms. The van der Waals surface area contributed by atoms with Gasteiger partial charge in [0, 0.05) is 38.6 Å². The number of nitrogens with zero attached hydrogens (tertiary/aromatic N) is 1. The minimum atomic E-state index is 0.130. The number of fused-ring (bicyclic) bond motifs is 2. The summed E-state index contributed by atoms with van der Waals surface area (Å²) in [7, 11) is 2.41. The van der Waals surface area contributed by atoms with Crippen molar-refractivity contribution in [2.45, 2.75) is 70.6 Å². The van der Waals surface area contributed by atoms with Crippen molar-refractivity contribution >= 4 is 5.91 Å². The first kappa shape index (κ1) is 11.9. The van der Waals surface area contributed by atoms with Crippen LogP contribution in [0.1, 0.15) is 46.5 Å². The summed E-state index contributed by atoms with van der Waals surface area (Å²) in [5, 5.41) is 3.11. The first-order valence-corrected chi connectivity index (χ1v) is 6.57. The average Bonchev–Trinajstić information content (AvgIpc) is 2.38. The maximum Gasteiger partial charge on any atom is 0.217 e. The predicted molar refractivity (Wildman–Crippen MR) is 65.0 cm³/mol. The lowest BCUT2D eigenvalue weighted by atomic mass is 9.93. The number of piperidine rings is 1. The summed E-state index contributed by atoms with van der Waals surface area (Å²) in [6, 6.07) is 2.65. The third kappa shape index (κ3) is 1.75. The van der Waals surface area contributed by atoms with Crippen molar-refractivity contribution in [3.8, 4) is 0 Å². The van der Waals surface area contributed by atoms with Crippen molar-refractivity contribution in [2.24, 2.45) is 0 Å². The fraction of sp³-hybridized carbons (Fsp3) is 0.923. The number of carbonyl (C=O) groups excluding carboxylic acids is 1. The standard InChI is InChI=1S/C13H24N2O/c1-9(2)15(4)12-5-6-13(15)8-11(7-12)14-10(3)16/h9,11-13H,5-8H2,1-4H3/p+1. The number of quaternary nitrogens is 1. The summed E-state index contributed by atoms with van der Waals surface area (Å²) in [5.41, 5.74) is 0. The summed E-state index contributed by atoms with van der Waals surface area (Å²) >= 11 is 0. The Morgan fingerprint density at radius 2 is 1.75 bits per heavy atom. The first-order valence-electron chi connectivity index (χ1n) is 6.57. The second-order valence-corrected chi connectivity index (χ2v) is 6.07. The minimum absolute atomic E-state index is 0.130. The zero-order chi connectivity index (χ0) is 11.9. The molecule has 2 unspecified atom stereocenters. The fourth-order valence-electron chi connectivity index (χ4n) is 3.93. The summed E-state index contributed by atoms with van der Waals surface area (Å²) in [6.07, 6.45) is 5.03. The van der Waals surface area contributed by atoms with E-state index < -0.39 is 0 Å². The van der Waals surface area contributed by atoms with Crippen LogP contribution in [0.3, 0.4) is 0 Å². The van der Waals surface area contributed by atoms with E-state index in [1.807, 2.05) is 0 Å². The highest BCUT2D eigenvalue weighted by atomic mass is 16.1. The molecule has 0 aromatic carbocycles. The smallest absolute Gasteiger partial charge is 0.217 e. The molecular weight excluding hydrogens is 200 g/mol. The zero-order valence-corrected chi connectivity index (χ0v) is 11.0. The molecule has 0 radical (unpaired) electrons. The molecule has 2 fully saturated rings. The molecule has 0 aliphatic carbocycles. The van der Waals surface area contributed by atoms with E-state index in [4.69, 9.17) is 0 Å². The summed E-state index contributed by atoms with van der Waals surface area (Å²) in [6.45, 7) is 6.31. The van der Waals surface area contributed by atoms with Gasteiger partial charge in [-0.25, -0.2) is 0 Å². The number of nitrogens with one attached hydrogen (secondary N) is 1. The van der Waals surface area contributed by atoms with E-state index in [2.05, 4.69) is 26.2 Å². The van der Waals surface area contributed by atoms with Gasteiger partial charge < -0.3 is 9.80 Å². The number of hydrogen-bond acceptors (Lipinski definition) is 1. The summed E-state index contributed by atoms with van der Waals surface area (Å²) in [4.78, 5) is 11.1. The Labute approximate surface area is 98.8 Å². The number of carbonyl (C=O) groups is 1. The molecule has 2 bridgehead atoms. The third-order valence-corrected chi connectivity index (χ3v) is 5.04. The minimum Gasteiger partial charge on any atom is -0.353 e. The third-order valence-electron chi connectivity index (χ3n) is 5.04. The first-order chi connectivity index (χ1) is 7.44. The normalized spacial score (nSPS) is 42.4. The van der Waals surface area contributed by atoms with Crippen LogP contribution in [0.25, 0.3) is 0 Å². The molecule has 16 heavy (non-hydrogen) atoms. The monoisotopic (exact) mass is 225 g/mol. The van der Waals surface area contributed by atoms with Crippen LogP contribution < -0.4 is 5.32 Å². The molecule has 2 rings (SSSR count). The molecule has 2 aliphatic heterocycles. The Hall–Kier alpha value is -0.570. The average molecular weight is 225 g/mol. The van der Waals surface area contributed by atoms with Gasteiger partial charge in [0.05, 0.1) is 25.2 Å². The number of amides is 1. The highest BCUT2D eigenvalue weighted by molar-refractivity contribution is 5.73. The zero-order valence-electron chi connectivity index (χ0n) is 11.0. The second-order valence-electron chi connectivity index (χ2n) is 6.07. The Balaban J connectivity index is 2.09. The van der Waals surface area contributed by atoms with Crippen LogP contribution >= 0.6 is 0 Å². The molecule has 0 spiro atoms. The van der Waals surface area contributed by atoms with Gasteiger partial charge >= 0.3 is 0 Å². The summed E-state index contributed by atoms with van der Waals surface area (Å²) in [5.74, 6) is 0.130. The Bertz CT molecular complexity index is 274. The topological polar surface area (TPSA) is 29.1 Å². The van der Waals surface area contributed by atoms with E-state index in [1.165, 1.54) is 30.2 Å². The van der Waals surface area contributed by atoms with Crippen LogP contribution in [0.2, 0.25) is 0 Å². The summed E-state index contributed by atoms with van der Waals surface area (Å²) < 4.78 is 1.23. The van der Waals surface area contributed by atoms with Crippen LogP contribution in [-0.2, 0) is 4.79 Å². The number of hydrogen-bond donors (Lipinski definition) is 1. The second kappa shape index (κ2) is 4.02. The lowest BCUT2D eigenvalue weighted by Crippen LogP contribution is -2.63. The van der Waals surface area contributed by atoms with E-state index >= 15 is 0 Å². The van der Waals surface area contributed by atoms with Gasteiger partial charge in [-0.3, -0.25) is 4.79 Å². The Morgan fingerprint density at radius 3 is 2.12 bits per heavy atom. The van der Waals surface area contributed by atoms with Gasteiger partial charge in [0.25, 0.3) is 0 Å². The molecule has 0 aromatic rings. The van der Waals surface area contributed by atoms with Gasteiger partial charge in [0.1, 0.15) is 0 Å². The maximum atomic E-state index is 11.1. The largest absolute Gasteiger partial charge is 0.353 e. The molecule has 0 aromatic heterocycles. The van der Waals surface area contributed by atoms with Crippen LogP contribution in [0, 0.1) is 0 Å². The quantitative estimate of drug-likeness (QED) is 0.712. The molecular formula is C13H25N2O+. The molecule has 92 valence electrons. The van der Waals surface area contributed by atoms with Gasteiger partial charge in [-0.05, 0) is 13.8 Å². The fourth-order valence-corrected chi connectivity index (χ4v) is 3.93. The van der Waals surface area contributed by atoms with Crippen molar-refractivity contribution in [3.05, 3.63) is 0 Å². The molecule has 2 heterocycles. The molecule has 2 saturated heterocycles. The molecule has 2 atom stereocenters. The molecule has 1 amide bonds. The van der Waals surface area contributed by atoms with E-state index in [0.29, 0.717) is 12.1 Å². The van der Waals surface area contributed by atoms with Crippen molar-refractivity contribution in [1.82, 2.24) is 5.32 Å². The highest BCUT2D eigenvalue weighted by Crippen LogP contribution is 2.42. The van der Waals surface area contributed by atoms with Gasteiger partial charge in [0.15, 0.2) is 0 Å². The number of rotatable bonds is 2. The van der Waals surface area contributed by atoms with Crippen LogP contribution in [-0.4, -0.2) is 41.6 Å². The van der Waals surface area contributed by atoms with E-state index in [1.54, 1.807) is 6.92 Å². The van der Waals surface area contributed by atoms with E-state index in [0.717, 1.165) is 12.1 Å².